The molecule has 6 heteroatoms. The van der Waals surface area contributed by atoms with Crippen molar-refractivity contribution < 1.29 is 23.7 Å². The maximum absolute atomic E-state index is 12.5. The van der Waals surface area contributed by atoms with Crippen LogP contribution in [0.4, 0.5) is 0 Å². The fraction of sp³-hybridized carbons (Fsp3) is 0.318. The van der Waals surface area contributed by atoms with E-state index < -0.39 is 0 Å². The van der Waals surface area contributed by atoms with E-state index in [9.17, 15) is 4.79 Å². The van der Waals surface area contributed by atoms with Crippen LogP contribution in [0.25, 0.3) is 6.08 Å². The standard InChI is InChI=1S/C22H23NO5/c1-23(14-17-15-27-18-5-2-3-6-20(18)28-17)22(24)10-8-16-7-9-19-21(13-16)26-12-4-11-25-19/h2-3,5-10,13,17H,4,11-12,14-15H2,1H3. The van der Waals surface area contributed by atoms with Gasteiger partial charge in [0.1, 0.15) is 6.61 Å². The second-order valence-corrected chi connectivity index (χ2v) is 6.81. The first-order valence-corrected chi connectivity index (χ1v) is 9.40. The van der Waals surface area contributed by atoms with Crippen molar-refractivity contribution in [2.45, 2.75) is 12.5 Å². The van der Waals surface area contributed by atoms with E-state index in [-0.39, 0.29) is 12.0 Å². The van der Waals surface area contributed by atoms with Crippen molar-refractivity contribution in [1.82, 2.24) is 4.90 Å². The molecule has 0 N–H and O–H groups in total. The molecule has 2 aromatic carbocycles. The van der Waals surface area contributed by atoms with E-state index in [1.54, 1.807) is 24.1 Å². The molecule has 6 nitrogen and oxygen atoms in total. The number of likely N-dealkylation sites (N-methyl/N-ethyl adjacent to an activating group) is 1. The highest BCUT2D eigenvalue weighted by atomic mass is 16.6. The molecule has 0 saturated heterocycles. The van der Waals surface area contributed by atoms with Gasteiger partial charge in [-0.15, -0.1) is 0 Å². The molecule has 1 amide bonds. The zero-order valence-electron chi connectivity index (χ0n) is 15.8. The van der Waals surface area contributed by atoms with Crippen molar-refractivity contribution in [1.29, 1.82) is 0 Å². The maximum Gasteiger partial charge on any atom is 0.246 e. The second kappa shape index (κ2) is 8.25. The Balaban J connectivity index is 1.35. The molecule has 2 aromatic rings. The minimum Gasteiger partial charge on any atom is -0.490 e. The molecule has 4 rings (SSSR count). The summed E-state index contributed by atoms with van der Waals surface area (Å²) >= 11 is 0. The summed E-state index contributed by atoms with van der Waals surface area (Å²) in [6.07, 6.45) is 3.99. The average molecular weight is 381 g/mol. The minimum absolute atomic E-state index is 0.102. The molecule has 28 heavy (non-hydrogen) atoms. The first-order chi connectivity index (χ1) is 13.7. The molecule has 0 fully saturated rings. The molecule has 0 bridgehead atoms. The van der Waals surface area contributed by atoms with Gasteiger partial charge >= 0.3 is 0 Å². The van der Waals surface area contributed by atoms with E-state index in [4.69, 9.17) is 18.9 Å². The SMILES string of the molecule is CN(CC1COc2ccccc2O1)C(=O)C=Cc1ccc2c(c1)OCCCO2. The first kappa shape index (κ1) is 18.2. The number of benzene rings is 2. The number of carbonyl (C=O) groups excluding carboxylic acids is 1. The third-order valence-electron chi connectivity index (χ3n) is 4.61. The van der Waals surface area contributed by atoms with Crippen LogP contribution in [-0.4, -0.2) is 50.3 Å². The number of amides is 1. The van der Waals surface area contributed by atoms with Gasteiger partial charge in [0.15, 0.2) is 29.1 Å². The van der Waals surface area contributed by atoms with Gasteiger partial charge in [-0.1, -0.05) is 18.2 Å². The molecule has 1 unspecified atom stereocenters. The number of para-hydroxylation sites is 2. The summed E-state index contributed by atoms with van der Waals surface area (Å²) in [5.74, 6) is 2.80. The van der Waals surface area contributed by atoms with Crippen LogP contribution >= 0.6 is 0 Å². The third kappa shape index (κ3) is 4.22. The topological polar surface area (TPSA) is 57.2 Å². The normalized spacial score (nSPS) is 17.8. The van der Waals surface area contributed by atoms with Gasteiger partial charge in [0.05, 0.1) is 19.8 Å². The lowest BCUT2D eigenvalue weighted by atomic mass is 10.2. The van der Waals surface area contributed by atoms with Gasteiger partial charge in [-0.2, -0.15) is 0 Å². The van der Waals surface area contributed by atoms with Gasteiger partial charge in [0.2, 0.25) is 5.91 Å². The molecule has 2 aliphatic heterocycles. The fourth-order valence-corrected chi connectivity index (χ4v) is 3.13. The highest BCUT2D eigenvalue weighted by Gasteiger charge is 2.23. The molecule has 146 valence electrons. The fourth-order valence-electron chi connectivity index (χ4n) is 3.13. The molecule has 2 aliphatic rings. The van der Waals surface area contributed by atoms with Crippen LogP contribution in [0.3, 0.4) is 0 Å². The Morgan fingerprint density at radius 1 is 1.04 bits per heavy atom. The zero-order chi connectivity index (χ0) is 19.3. The summed E-state index contributed by atoms with van der Waals surface area (Å²) < 4.78 is 22.9. The maximum atomic E-state index is 12.5. The Morgan fingerprint density at radius 2 is 1.79 bits per heavy atom. The zero-order valence-corrected chi connectivity index (χ0v) is 15.8. The largest absolute Gasteiger partial charge is 0.490 e. The molecule has 1 atom stereocenters. The number of nitrogens with zero attached hydrogens (tertiary/aromatic N) is 1. The number of carbonyl (C=O) groups is 1. The molecule has 0 aliphatic carbocycles. The Hall–Kier alpha value is -3.15. The number of ether oxygens (including phenoxy) is 4. The average Bonchev–Trinajstić information content (AvgIpc) is 2.96. The Labute approximate surface area is 164 Å². The van der Waals surface area contributed by atoms with Gasteiger partial charge in [-0.05, 0) is 35.9 Å². The van der Waals surface area contributed by atoms with Crippen LogP contribution in [0.1, 0.15) is 12.0 Å². The second-order valence-electron chi connectivity index (χ2n) is 6.81. The predicted octanol–water partition coefficient (Wildman–Crippen LogP) is 3.16. The van der Waals surface area contributed by atoms with Crippen molar-refractivity contribution in [2.75, 3.05) is 33.4 Å². The van der Waals surface area contributed by atoms with Crippen molar-refractivity contribution >= 4 is 12.0 Å². The van der Waals surface area contributed by atoms with Gasteiger partial charge in [-0.3, -0.25) is 4.79 Å². The highest BCUT2D eigenvalue weighted by Crippen LogP contribution is 2.32. The molecule has 0 spiro atoms. The minimum atomic E-state index is -0.199. The van der Waals surface area contributed by atoms with Crippen molar-refractivity contribution in [3.63, 3.8) is 0 Å². The smallest absolute Gasteiger partial charge is 0.246 e. The Kier molecular flexibility index (Phi) is 5.37. The van der Waals surface area contributed by atoms with E-state index in [0.29, 0.717) is 37.9 Å². The number of fused-ring (bicyclic) bond motifs is 2. The van der Waals surface area contributed by atoms with Crippen molar-refractivity contribution in [3.8, 4) is 23.0 Å². The van der Waals surface area contributed by atoms with E-state index in [0.717, 1.165) is 23.5 Å². The third-order valence-corrected chi connectivity index (χ3v) is 4.61. The van der Waals surface area contributed by atoms with Gasteiger partial charge in [-0.25, -0.2) is 0 Å². The van der Waals surface area contributed by atoms with E-state index in [1.165, 1.54) is 0 Å². The number of rotatable bonds is 4. The van der Waals surface area contributed by atoms with Crippen LogP contribution in [-0.2, 0) is 4.79 Å². The van der Waals surface area contributed by atoms with Gasteiger partial charge in [0, 0.05) is 19.5 Å². The predicted molar refractivity (Wildman–Crippen MR) is 105 cm³/mol. The highest BCUT2D eigenvalue weighted by molar-refractivity contribution is 5.91. The number of hydrogen-bond acceptors (Lipinski definition) is 5. The molecular weight excluding hydrogens is 358 g/mol. The summed E-state index contributed by atoms with van der Waals surface area (Å²) in [4.78, 5) is 14.1. The van der Waals surface area contributed by atoms with Crippen LogP contribution in [0.5, 0.6) is 23.0 Å². The van der Waals surface area contributed by atoms with Crippen LogP contribution in [0, 0.1) is 0 Å². The summed E-state index contributed by atoms with van der Waals surface area (Å²) in [6, 6.07) is 13.2. The Morgan fingerprint density at radius 3 is 2.64 bits per heavy atom. The van der Waals surface area contributed by atoms with E-state index in [1.807, 2.05) is 42.5 Å². The monoisotopic (exact) mass is 381 g/mol. The molecular formula is C22H23NO5. The summed E-state index contributed by atoms with van der Waals surface area (Å²) in [5.41, 5.74) is 0.886. The summed E-state index contributed by atoms with van der Waals surface area (Å²) in [7, 11) is 1.75. The van der Waals surface area contributed by atoms with E-state index >= 15 is 0 Å². The molecule has 2 heterocycles. The van der Waals surface area contributed by atoms with Crippen molar-refractivity contribution in [3.05, 3.63) is 54.1 Å². The molecule has 0 saturated carbocycles. The van der Waals surface area contributed by atoms with Crippen LogP contribution < -0.4 is 18.9 Å². The number of hydrogen-bond donors (Lipinski definition) is 0. The summed E-state index contributed by atoms with van der Waals surface area (Å²) in [6.45, 7) is 2.15. The van der Waals surface area contributed by atoms with Crippen LogP contribution in [0.15, 0.2) is 48.5 Å². The van der Waals surface area contributed by atoms with Gasteiger partial charge < -0.3 is 23.8 Å². The lowest BCUT2D eigenvalue weighted by Gasteiger charge is -2.29. The first-order valence-electron chi connectivity index (χ1n) is 9.40. The lowest BCUT2D eigenvalue weighted by molar-refractivity contribution is -0.126. The lowest BCUT2D eigenvalue weighted by Crippen LogP contribution is -2.41. The van der Waals surface area contributed by atoms with Crippen LogP contribution in [0.2, 0.25) is 0 Å². The summed E-state index contributed by atoms with van der Waals surface area (Å²) in [5, 5.41) is 0. The molecule has 0 aromatic heterocycles. The quantitative estimate of drug-likeness (QED) is 0.762. The molecule has 0 radical (unpaired) electrons. The van der Waals surface area contributed by atoms with Gasteiger partial charge in [0.25, 0.3) is 0 Å². The van der Waals surface area contributed by atoms with Crippen molar-refractivity contribution in [2.24, 2.45) is 0 Å². The Bertz CT molecular complexity index is 879. The van der Waals surface area contributed by atoms with E-state index in [2.05, 4.69) is 0 Å².